The van der Waals surface area contributed by atoms with Crippen LogP contribution in [-0.4, -0.2) is 17.3 Å². The molecule has 1 N–H and O–H groups in total. The maximum absolute atomic E-state index is 5.11. The summed E-state index contributed by atoms with van der Waals surface area (Å²) in [5.74, 6) is 1.50. The van der Waals surface area contributed by atoms with Crippen LogP contribution in [0.5, 0.6) is 5.88 Å². The number of hydrogen-bond acceptors (Lipinski definition) is 5. The predicted molar refractivity (Wildman–Crippen MR) is 67.3 cm³/mol. The van der Waals surface area contributed by atoms with Gasteiger partial charge >= 0.3 is 0 Å². The molecule has 0 fully saturated rings. The summed E-state index contributed by atoms with van der Waals surface area (Å²) in [7, 11) is 1.61. The van der Waals surface area contributed by atoms with E-state index in [0.717, 1.165) is 35.7 Å². The molecule has 0 saturated heterocycles. The molecular weight excluding hydrogens is 230 g/mol. The predicted octanol–water partition coefficient (Wildman–Crippen LogP) is 1.98. The Hall–Kier alpha value is -1.88. The average Bonchev–Trinajstić information content (AvgIpc) is 2.70. The van der Waals surface area contributed by atoms with Crippen molar-refractivity contribution in [3.05, 3.63) is 40.9 Å². The number of ether oxygens (including phenoxy) is 1. The molecule has 18 heavy (non-hydrogen) atoms. The van der Waals surface area contributed by atoms with E-state index in [1.54, 1.807) is 13.3 Å². The summed E-state index contributed by atoms with van der Waals surface area (Å²) >= 11 is 0. The monoisotopic (exact) mass is 247 g/mol. The molecule has 0 amide bonds. The smallest absolute Gasteiger partial charge is 0.213 e. The molecule has 2 aromatic rings. The molecule has 2 heterocycles. The van der Waals surface area contributed by atoms with Gasteiger partial charge in [0.05, 0.1) is 12.8 Å². The number of hydrogen-bond donors (Lipinski definition) is 1. The molecule has 0 unspecified atom stereocenters. The highest BCUT2D eigenvalue weighted by molar-refractivity contribution is 5.22. The number of nitrogens with one attached hydrogen (secondary N) is 1. The van der Waals surface area contributed by atoms with E-state index in [-0.39, 0.29) is 0 Å². The first-order chi connectivity index (χ1) is 8.70. The van der Waals surface area contributed by atoms with Crippen molar-refractivity contribution in [3.63, 3.8) is 0 Å². The van der Waals surface area contributed by atoms with Crippen LogP contribution in [0.15, 0.2) is 22.9 Å². The largest absolute Gasteiger partial charge is 0.481 e. The summed E-state index contributed by atoms with van der Waals surface area (Å²) in [6, 6.07) is 3.88. The Morgan fingerprint density at radius 1 is 1.33 bits per heavy atom. The quantitative estimate of drug-likeness (QED) is 0.875. The van der Waals surface area contributed by atoms with Crippen molar-refractivity contribution < 1.29 is 9.26 Å². The molecule has 0 radical (unpaired) electrons. The van der Waals surface area contributed by atoms with E-state index in [9.17, 15) is 0 Å². The highest BCUT2D eigenvalue weighted by Gasteiger charge is 2.07. The van der Waals surface area contributed by atoms with Crippen molar-refractivity contribution in [1.29, 1.82) is 0 Å². The lowest BCUT2D eigenvalue weighted by Gasteiger charge is -2.05. The lowest BCUT2D eigenvalue weighted by Crippen LogP contribution is -2.13. The van der Waals surface area contributed by atoms with E-state index < -0.39 is 0 Å². The van der Waals surface area contributed by atoms with Gasteiger partial charge in [-0.15, -0.1) is 0 Å². The Morgan fingerprint density at radius 3 is 2.83 bits per heavy atom. The van der Waals surface area contributed by atoms with Crippen molar-refractivity contribution in [1.82, 2.24) is 15.5 Å². The van der Waals surface area contributed by atoms with Crippen LogP contribution in [-0.2, 0) is 13.1 Å². The zero-order valence-electron chi connectivity index (χ0n) is 10.9. The summed E-state index contributed by atoms with van der Waals surface area (Å²) in [5.41, 5.74) is 3.19. The number of aryl methyl sites for hydroxylation is 2. The highest BCUT2D eigenvalue weighted by Crippen LogP contribution is 2.12. The van der Waals surface area contributed by atoms with Gasteiger partial charge in [-0.1, -0.05) is 5.16 Å². The Balaban J connectivity index is 1.92. The molecule has 0 bridgehead atoms. The summed E-state index contributed by atoms with van der Waals surface area (Å²) in [6.45, 7) is 5.37. The molecule has 0 spiro atoms. The van der Waals surface area contributed by atoms with E-state index in [4.69, 9.17) is 9.26 Å². The third-order valence-corrected chi connectivity index (χ3v) is 2.82. The maximum atomic E-state index is 5.11. The Labute approximate surface area is 106 Å². The van der Waals surface area contributed by atoms with Crippen LogP contribution in [0.4, 0.5) is 0 Å². The second kappa shape index (κ2) is 5.64. The third kappa shape index (κ3) is 2.87. The van der Waals surface area contributed by atoms with Crippen molar-refractivity contribution in [2.24, 2.45) is 0 Å². The fourth-order valence-corrected chi connectivity index (χ4v) is 1.76. The fraction of sp³-hybridized carbons (Fsp3) is 0.385. The van der Waals surface area contributed by atoms with E-state index in [2.05, 4.69) is 15.5 Å². The zero-order valence-corrected chi connectivity index (χ0v) is 10.9. The van der Waals surface area contributed by atoms with Crippen LogP contribution in [0.3, 0.4) is 0 Å². The molecule has 0 aliphatic rings. The van der Waals surface area contributed by atoms with Crippen LogP contribution in [0.25, 0.3) is 0 Å². The summed E-state index contributed by atoms with van der Waals surface area (Å²) < 4.78 is 10.2. The van der Waals surface area contributed by atoms with Gasteiger partial charge in [-0.05, 0) is 25.5 Å². The lowest BCUT2D eigenvalue weighted by molar-refractivity contribution is 0.391. The molecule has 0 aromatic carbocycles. The van der Waals surface area contributed by atoms with E-state index in [1.807, 2.05) is 26.0 Å². The van der Waals surface area contributed by atoms with Crippen molar-refractivity contribution in [2.45, 2.75) is 26.9 Å². The standard InChI is InChI=1S/C13H17N3O2/c1-9-12(10(2)18-16-9)8-14-7-11-4-5-15-13(6-11)17-3/h4-6,14H,7-8H2,1-3H3. The van der Waals surface area contributed by atoms with Gasteiger partial charge in [-0.3, -0.25) is 0 Å². The maximum Gasteiger partial charge on any atom is 0.213 e. The molecule has 0 aliphatic carbocycles. The SMILES string of the molecule is COc1cc(CNCc2c(C)noc2C)ccn1. The molecule has 5 heteroatoms. The van der Waals surface area contributed by atoms with Gasteiger partial charge in [-0.2, -0.15) is 0 Å². The van der Waals surface area contributed by atoms with Gasteiger partial charge < -0.3 is 14.6 Å². The average molecular weight is 247 g/mol. The molecule has 0 atom stereocenters. The van der Waals surface area contributed by atoms with Crippen molar-refractivity contribution in [3.8, 4) is 5.88 Å². The van der Waals surface area contributed by atoms with Gasteiger partial charge in [0, 0.05) is 30.9 Å². The number of methoxy groups -OCH3 is 1. The van der Waals surface area contributed by atoms with Crippen molar-refractivity contribution >= 4 is 0 Å². The topological polar surface area (TPSA) is 60.2 Å². The van der Waals surface area contributed by atoms with Gasteiger partial charge in [0.15, 0.2) is 0 Å². The molecule has 96 valence electrons. The summed E-state index contributed by atoms with van der Waals surface area (Å²) in [5, 5.41) is 7.28. The number of nitrogens with zero attached hydrogens (tertiary/aromatic N) is 2. The van der Waals surface area contributed by atoms with Gasteiger partial charge in [0.1, 0.15) is 5.76 Å². The Kier molecular flexibility index (Phi) is 3.94. The molecule has 2 rings (SSSR count). The lowest BCUT2D eigenvalue weighted by atomic mass is 10.2. The summed E-state index contributed by atoms with van der Waals surface area (Å²) in [6.07, 6.45) is 1.74. The van der Waals surface area contributed by atoms with Crippen LogP contribution in [0.1, 0.15) is 22.6 Å². The van der Waals surface area contributed by atoms with Crippen LogP contribution in [0, 0.1) is 13.8 Å². The van der Waals surface area contributed by atoms with E-state index in [0.29, 0.717) is 5.88 Å². The van der Waals surface area contributed by atoms with Gasteiger partial charge in [0.25, 0.3) is 0 Å². The first-order valence-corrected chi connectivity index (χ1v) is 5.82. The van der Waals surface area contributed by atoms with Crippen molar-refractivity contribution in [2.75, 3.05) is 7.11 Å². The first-order valence-electron chi connectivity index (χ1n) is 5.82. The molecule has 5 nitrogen and oxygen atoms in total. The first kappa shape index (κ1) is 12.6. The van der Waals surface area contributed by atoms with Gasteiger partial charge in [-0.25, -0.2) is 4.98 Å². The second-order valence-electron chi connectivity index (χ2n) is 4.11. The molecular formula is C13H17N3O2. The summed E-state index contributed by atoms with van der Waals surface area (Å²) in [4.78, 5) is 4.07. The molecule has 0 saturated carbocycles. The normalized spacial score (nSPS) is 10.6. The minimum atomic E-state index is 0.631. The van der Waals surface area contributed by atoms with E-state index >= 15 is 0 Å². The van der Waals surface area contributed by atoms with Crippen LogP contribution < -0.4 is 10.1 Å². The minimum absolute atomic E-state index is 0.631. The number of rotatable bonds is 5. The van der Waals surface area contributed by atoms with E-state index in [1.165, 1.54) is 0 Å². The third-order valence-electron chi connectivity index (χ3n) is 2.82. The Bertz CT molecular complexity index is 503. The zero-order chi connectivity index (χ0) is 13.0. The fourth-order valence-electron chi connectivity index (χ4n) is 1.76. The molecule has 2 aromatic heterocycles. The second-order valence-corrected chi connectivity index (χ2v) is 4.11. The van der Waals surface area contributed by atoms with Crippen LogP contribution >= 0.6 is 0 Å². The number of pyridine rings is 1. The van der Waals surface area contributed by atoms with Crippen LogP contribution in [0.2, 0.25) is 0 Å². The Morgan fingerprint density at radius 2 is 2.17 bits per heavy atom. The minimum Gasteiger partial charge on any atom is -0.481 e. The number of aromatic nitrogens is 2. The highest BCUT2D eigenvalue weighted by atomic mass is 16.5. The van der Waals surface area contributed by atoms with Gasteiger partial charge in [0.2, 0.25) is 5.88 Å². The molecule has 0 aliphatic heterocycles.